The Morgan fingerprint density at radius 3 is 1.54 bits per heavy atom. The smallest absolute Gasteiger partial charge is 0.363 e. The Morgan fingerprint density at radius 2 is 1.07 bits per heavy atom. The first-order valence-electron chi connectivity index (χ1n) is 19.1. The highest BCUT2D eigenvalue weighted by atomic mass is 35.5. The van der Waals surface area contributed by atoms with E-state index in [0.29, 0.717) is 27.6 Å². The van der Waals surface area contributed by atoms with E-state index in [9.17, 15) is 73.0 Å². The van der Waals surface area contributed by atoms with Gasteiger partial charge in [-0.25, -0.2) is 21.1 Å². The largest absolute Gasteiger partial charge is 0.417 e. The second-order valence-electron chi connectivity index (χ2n) is 14.4. The summed E-state index contributed by atoms with van der Waals surface area (Å²) in [5, 5.41) is 20.5. The predicted molar refractivity (Wildman–Crippen MR) is 246 cm³/mol. The number of carbonyl (C=O) groups excluding carboxylic acids is 2. The summed E-state index contributed by atoms with van der Waals surface area (Å²) in [6.07, 6.45) is -7.38. The third kappa shape index (κ3) is 12.7. The van der Waals surface area contributed by atoms with Gasteiger partial charge in [-0.05, 0) is 85.6 Å². The highest BCUT2D eigenvalue weighted by molar-refractivity contribution is 7.93. The van der Waals surface area contributed by atoms with E-state index in [4.69, 9.17) is 51.1 Å². The van der Waals surface area contributed by atoms with Crippen LogP contribution in [0.25, 0.3) is 0 Å². The van der Waals surface area contributed by atoms with E-state index >= 15 is 0 Å². The van der Waals surface area contributed by atoms with Crippen LogP contribution in [0.1, 0.15) is 54.4 Å². The summed E-state index contributed by atoms with van der Waals surface area (Å²) in [6.45, 7) is 2.34. The van der Waals surface area contributed by atoms with Gasteiger partial charge >= 0.3 is 12.4 Å². The molecule has 0 saturated carbocycles. The molecule has 6 rings (SSSR count). The van der Waals surface area contributed by atoms with Crippen LogP contribution in [0.4, 0.5) is 49.1 Å². The maximum absolute atomic E-state index is 13.5. The van der Waals surface area contributed by atoms with E-state index in [2.05, 4.69) is 14.7 Å². The number of rotatable bonds is 14. The van der Waals surface area contributed by atoms with Gasteiger partial charge in [-0.2, -0.15) is 26.3 Å². The number of aryl methyl sites for hydroxylation is 2. The van der Waals surface area contributed by atoms with Crippen molar-refractivity contribution < 1.29 is 67.4 Å². The molecule has 0 radical (unpaired) electrons. The van der Waals surface area contributed by atoms with Gasteiger partial charge in [0.05, 0.1) is 62.2 Å². The fraction of sp³-hybridized carbons (Fsp3) is 0.143. The van der Waals surface area contributed by atoms with Crippen LogP contribution in [0.3, 0.4) is 0 Å². The number of anilines is 2. The fourth-order valence-electron chi connectivity index (χ4n) is 6.09. The second-order valence-corrected chi connectivity index (χ2v) is 19.6. The standard InChI is InChI=1S/C22H16Cl2F3N3O6S.C20H12Cl2F3N3O5S/c1-12-7-19(20(28-10-12)21(31)15-8-13(30(32)33)3-5-17(15)23)29(11-36-2)37(34,35)14-4-6-18(24)16(9-14)22(25,26)27;1-10-6-17(27-34(32,33)12-3-5-16(22)14(8-12)20(23,24)25)18(26-9-10)19(29)13-7-11(28(30)31)2-4-15(13)21/h3-10H,11H2,1-2H3;2-9,27H,1H3. The van der Waals surface area contributed by atoms with Crippen molar-refractivity contribution in [3.8, 4) is 0 Å². The van der Waals surface area contributed by atoms with E-state index in [1.165, 1.54) is 38.4 Å². The van der Waals surface area contributed by atoms with E-state index in [1.54, 1.807) is 0 Å². The summed E-state index contributed by atoms with van der Waals surface area (Å²) in [7, 11) is -8.30. The second kappa shape index (κ2) is 21.5. The summed E-state index contributed by atoms with van der Waals surface area (Å²) in [5.74, 6) is -1.91. The van der Waals surface area contributed by atoms with Crippen LogP contribution < -0.4 is 9.03 Å². The maximum atomic E-state index is 13.5. The molecule has 17 nitrogen and oxygen atoms in total. The number of hydrogen-bond donors (Lipinski definition) is 1. The molecule has 0 aliphatic rings. The molecule has 0 fully saturated rings. The van der Waals surface area contributed by atoms with E-state index in [-0.39, 0.29) is 32.5 Å². The van der Waals surface area contributed by atoms with Crippen molar-refractivity contribution in [1.29, 1.82) is 0 Å². The number of pyridine rings is 2. The summed E-state index contributed by atoms with van der Waals surface area (Å²) in [6, 6.07) is 12.7. The molecule has 0 spiro atoms. The van der Waals surface area contributed by atoms with Gasteiger partial charge in [0, 0.05) is 54.9 Å². The Balaban J connectivity index is 0.000000265. The van der Waals surface area contributed by atoms with Crippen molar-refractivity contribution in [2.75, 3.05) is 22.9 Å². The van der Waals surface area contributed by atoms with Crippen LogP contribution in [-0.2, 0) is 37.1 Å². The van der Waals surface area contributed by atoms with Crippen molar-refractivity contribution in [3.05, 3.63) is 182 Å². The average molecular weight is 1110 g/mol. The molecule has 0 bridgehead atoms. The van der Waals surface area contributed by atoms with Gasteiger partial charge in [-0.1, -0.05) is 46.4 Å². The Hall–Kier alpha value is -6.48. The minimum Gasteiger partial charge on any atom is -0.363 e. The van der Waals surface area contributed by atoms with Gasteiger partial charge in [0.2, 0.25) is 11.6 Å². The van der Waals surface area contributed by atoms with Crippen LogP contribution in [-0.4, -0.2) is 62.1 Å². The van der Waals surface area contributed by atoms with Crippen LogP contribution in [0.2, 0.25) is 20.1 Å². The number of ketones is 2. The van der Waals surface area contributed by atoms with Crippen molar-refractivity contribution in [3.63, 3.8) is 0 Å². The number of benzene rings is 4. The molecule has 0 atom stereocenters. The Labute approximate surface area is 417 Å². The highest BCUT2D eigenvalue weighted by Crippen LogP contribution is 2.39. The topological polar surface area (TPSA) is 239 Å². The van der Waals surface area contributed by atoms with E-state index < -0.39 is 114 Å². The number of non-ortho nitro benzene ring substituents is 2. The Bertz CT molecular complexity index is 3370. The molecule has 4 aromatic carbocycles. The molecular formula is C42H28Cl4F6N6O11S2. The number of methoxy groups -OCH3 is 1. The lowest BCUT2D eigenvalue weighted by atomic mass is 10.0. The van der Waals surface area contributed by atoms with Crippen molar-refractivity contribution in [2.45, 2.75) is 36.0 Å². The van der Waals surface area contributed by atoms with Gasteiger partial charge in [-0.15, -0.1) is 0 Å². The first kappa shape index (κ1) is 55.4. The molecule has 71 heavy (non-hydrogen) atoms. The number of alkyl halides is 6. The summed E-state index contributed by atoms with van der Waals surface area (Å²) < 4.78 is 140. The zero-order valence-electron chi connectivity index (χ0n) is 35.8. The Kier molecular flexibility index (Phi) is 16.8. The third-order valence-electron chi connectivity index (χ3n) is 9.41. The molecule has 0 amide bonds. The SMILES string of the molecule is COCN(c1cc(C)cnc1C(=O)c1cc([N+](=O)[O-])ccc1Cl)S(=O)(=O)c1ccc(Cl)c(C(F)(F)F)c1.Cc1cnc(C(=O)c2cc([N+](=O)[O-])ccc2Cl)c(NS(=O)(=O)c2ccc(Cl)c(C(F)(F)F)c2)c1. The van der Waals surface area contributed by atoms with E-state index in [1.807, 2.05) is 0 Å². The number of halogens is 10. The van der Waals surface area contributed by atoms with Crippen molar-refractivity contribution >= 4 is 101 Å². The van der Waals surface area contributed by atoms with Crippen molar-refractivity contribution in [2.24, 2.45) is 0 Å². The number of nitrogens with zero attached hydrogens (tertiary/aromatic N) is 5. The van der Waals surface area contributed by atoms with Crippen LogP contribution in [0.15, 0.2) is 107 Å². The molecule has 374 valence electrons. The van der Waals surface area contributed by atoms with Gasteiger partial charge in [0.15, 0.2) is 0 Å². The quantitative estimate of drug-likeness (QED) is 0.0351. The minimum atomic E-state index is -4.94. The van der Waals surface area contributed by atoms with E-state index in [0.717, 1.165) is 67.8 Å². The molecule has 2 heterocycles. The first-order chi connectivity index (χ1) is 32.9. The molecule has 1 N–H and O–H groups in total. The first-order valence-corrected chi connectivity index (χ1v) is 23.5. The van der Waals surface area contributed by atoms with Crippen LogP contribution >= 0.6 is 46.4 Å². The number of hydrogen-bond acceptors (Lipinski definition) is 13. The molecule has 2 aromatic heterocycles. The molecule has 29 heteroatoms. The molecule has 0 saturated heterocycles. The highest BCUT2D eigenvalue weighted by Gasteiger charge is 2.38. The van der Waals surface area contributed by atoms with Gasteiger partial charge in [-0.3, -0.25) is 44.5 Å². The van der Waals surface area contributed by atoms with Crippen LogP contribution in [0, 0.1) is 34.1 Å². The minimum absolute atomic E-state index is 0.153. The lowest BCUT2D eigenvalue weighted by Crippen LogP contribution is -2.34. The van der Waals surface area contributed by atoms with Crippen LogP contribution in [0.5, 0.6) is 0 Å². The molecule has 0 aliphatic heterocycles. The molecule has 0 aliphatic carbocycles. The lowest BCUT2D eigenvalue weighted by molar-refractivity contribution is -0.385. The maximum Gasteiger partial charge on any atom is 0.417 e. The number of aromatic nitrogens is 2. The zero-order chi connectivity index (χ0) is 53.1. The molecule has 6 aromatic rings. The Morgan fingerprint density at radius 1 is 0.648 bits per heavy atom. The number of nitro benzene ring substituents is 2. The molecule has 0 unspecified atom stereocenters. The zero-order valence-corrected chi connectivity index (χ0v) is 40.4. The number of nitro groups is 2. The third-order valence-corrected chi connectivity index (χ3v) is 13.8. The van der Waals surface area contributed by atoms with Gasteiger partial charge < -0.3 is 4.74 Å². The fourth-order valence-corrected chi connectivity index (χ4v) is 9.43. The predicted octanol–water partition coefficient (Wildman–Crippen LogP) is 11.3. The van der Waals surface area contributed by atoms with Gasteiger partial charge in [0.25, 0.3) is 31.4 Å². The summed E-state index contributed by atoms with van der Waals surface area (Å²) >= 11 is 23.3. The average Bonchev–Trinajstić information content (AvgIpc) is 3.27. The van der Waals surface area contributed by atoms with Crippen molar-refractivity contribution in [1.82, 2.24) is 9.97 Å². The van der Waals surface area contributed by atoms with Gasteiger partial charge in [0.1, 0.15) is 18.1 Å². The molecular weight excluding hydrogens is 1080 g/mol. The summed E-state index contributed by atoms with van der Waals surface area (Å²) in [4.78, 5) is 53.5. The monoisotopic (exact) mass is 1110 g/mol. The normalized spacial score (nSPS) is 11.8. The number of carbonyl (C=O) groups is 2. The summed E-state index contributed by atoms with van der Waals surface area (Å²) in [5.41, 5.74) is -5.17. The number of nitrogens with one attached hydrogen (secondary N) is 1. The number of ether oxygens (including phenoxy) is 1. The lowest BCUT2D eigenvalue weighted by Gasteiger charge is -2.26. The number of sulfonamides is 2.